The summed E-state index contributed by atoms with van der Waals surface area (Å²) in [7, 11) is 0. The summed E-state index contributed by atoms with van der Waals surface area (Å²) >= 11 is 3.74. The molecule has 5 aliphatic carbocycles. The molecule has 0 spiro atoms. The SMILES string of the molecule is CC1(C)CCC(C)(C)c2sc(N(CC3CC3)c3ccc(/C=C/C(=O)O)cc3)nc21.CC1(C)CCC(C)(C)c2sc(N(CC3CC3)c3ccc(C4CC4C(=O)O)cc3)nc21. The van der Waals surface area contributed by atoms with Crippen molar-refractivity contribution in [3.63, 3.8) is 0 Å². The van der Waals surface area contributed by atoms with Crippen molar-refractivity contribution in [2.45, 2.75) is 141 Å². The number of hydrogen-bond donors (Lipinski definition) is 2. The molecule has 2 heterocycles. The van der Waals surface area contributed by atoms with E-state index in [0.717, 1.165) is 58.4 Å². The van der Waals surface area contributed by atoms with Crippen LogP contribution >= 0.6 is 22.7 Å². The van der Waals surface area contributed by atoms with Crippen molar-refractivity contribution in [1.29, 1.82) is 0 Å². The highest BCUT2D eigenvalue weighted by Gasteiger charge is 2.45. The van der Waals surface area contributed by atoms with Crippen LogP contribution in [0.5, 0.6) is 0 Å². The molecule has 8 nitrogen and oxygen atoms in total. The van der Waals surface area contributed by atoms with Crippen LogP contribution in [0.1, 0.15) is 151 Å². The zero-order valence-electron chi connectivity index (χ0n) is 36.2. The van der Waals surface area contributed by atoms with Crippen molar-refractivity contribution >= 4 is 62.3 Å². The molecule has 2 aromatic carbocycles. The Morgan fingerprint density at radius 3 is 1.46 bits per heavy atom. The number of thiazole rings is 2. The van der Waals surface area contributed by atoms with E-state index in [0.29, 0.717) is 0 Å². The van der Waals surface area contributed by atoms with E-state index in [9.17, 15) is 14.7 Å². The number of fused-ring (bicyclic) bond motifs is 2. The summed E-state index contributed by atoms with van der Waals surface area (Å²) in [5, 5.41) is 20.3. The number of rotatable bonds is 12. The van der Waals surface area contributed by atoms with Gasteiger partial charge in [-0.1, -0.05) is 79.7 Å². The zero-order valence-corrected chi connectivity index (χ0v) is 37.8. The molecule has 314 valence electrons. The van der Waals surface area contributed by atoms with E-state index in [1.165, 1.54) is 84.3 Å². The first kappa shape index (κ1) is 41.7. The van der Waals surface area contributed by atoms with Crippen LogP contribution in [0.3, 0.4) is 0 Å². The van der Waals surface area contributed by atoms with E-state index in [2.05, 4.69) is 102 Å². The quantitative estimate of drug-likeness (QED) is 0.136. The lowest BCUT2D eigenvalue weighted by atomic mass is 9.69. The molecule has 0 saturated heterocycles. The topological polar surface area (TPSA) is 107 Å². The van der Waals surface area contributed by atoms with Crippen LogP contribution < -0.4 is 9.80 Å². The summed E-state index contributed by atoms with van der Waals surface area (Å²) in [5.74, 6) is -0.119. The first-order chi connectivity index (χ1) is 27.8. The molecule has 9 rings (SSSR count). The second-order valence-electron chi connectivity index (χ2n) is 20.6. The number of nitrogens with zero attached hydrogens (tertiary/aromatic N) is 4. The number of aliphatic carboxylic acids is 2. The fourth-order valence-electron chi connectivity index (χ4n) is 8.77. The summed E-state index contributed by atoms with van der Waals surface area (Å²) in [6, 6.07) is 16.7. The summed E-state index contributed by atoms with van der Waals surface area (Å²) in [5.41, 5.74) is 7.54. The van der Waals surface area contributed by atoms with Gasteiger partial charge in [-0.05, 0) is 117 Å². The minimum atomic E-state index is -0.928. The molecule has 3 fully saturated rings. The molecule has 0 bridgehead atoms. The molecule has 59 heavy (non-hydrogen) atoms. The monoisotopic (exact) mass is 834 g/mol. The molecule has 3 saturated carbocycles. The molecule has 2 N–H and O–H groups in total. The zero-order chi connectivity index (χ0) is 42.1. The average Bonchev–Trinajstić information content (AvgIpc) is 4.14. The Morgan fingerprint density at radius 1 is 0.661 bits per heavy atom. The third kappa shape index (κ3) is 9.05. The van der Waals surface area contributed by atoms with Crippen molar-refractivity contribution in [3.8, 4) is 0 Å². The lowest BCUT2D eigenvalue weighted by Crippen LogP contribution is -2.32. The lowest BCUT2D eigenvalue weighted by Gasteiger charge is -2.37. The maximum absolute atomic E-state index is 11.2. The molecular formula is C49H62N4O4S2. The van der Waals surface area contributed by atoms with Gasteiger partial charge in [0.2, 0.25) is 0 Å². The number of carboxylic acids is 2. The van der Waals surface area contributed by atoms with E-state index in [1.54, 1.807) is 6.08 Å². The summed E-state index contributed by atoms with van der Waals surface area (Å²) < 4.78 is 0. The third-order valence-electron chi connectivity index (χ3n) is 13.6. The first-order valence-electron chi connectivity index (χ1n) is 21.7. The normalized spacial score (nSPS) is 23.1. The van der Waals surface area contributed by atoms with Crippen molar-refractivity contribution in [2.24, 2.45) is 17.8 Å². The maximum atomic E-state index is 11.2. The van der Waals surface area contributed by atoms with Gasteiger partial charge in [0, 0.05) is 62.0 Å². The van der Waals surface area contributed by atoms with Gasteiger partial charge in [-0.15, -0.1) is 22.7 Å². The van der Waals surface area contributed by atoms with Crippen LogP contribution in [-0.2, 0) is 31.2 Å². The minimum Gasteiger partial charge on any atom is -0.481 e. The number of benzene rings is 2. The smallest absolute Gasteiger partial charge is 0.328 e. The number of aromatic nitrogens is 2. The fraction of sp³-hybridized carbons (Fsp3) is 0.551. The van der Waals surface area contributed by atoms with E-state index in [1.807, 2.05) is 34.8 Å². The Morgan fingerprint density at radius 2 is 1.08 bits per heavy atom. The van der Waals surface area contributed by atoms with Crippen LogP contribution in [0.25, 0.3) is 6.08 Å². The van der Waals surface area contributed by atoms with Crippen LogP contribution in [0.2, 0.25) is 0 Å². The number of carboxylic acid groups (broad SMARTS) is 2. The van der Waals surface area contributed by atoms with E-state index < -0.39 is 11.9 Å². The molecule has 0 amide bonds. The van der Waals surface area contributed by atoms with Crippen LogP contribution in [0.4, 0.5) is 21.6 Å². The number of anilines is 4. The highest BCUT2D eigenvalue weighted by Crippen LogP contribution is 2.53. The molecule has 0 aliphatic heterocycles. The molecule has 10 heteroatoms. The second kappa shape index (κ2) is 15.5. The van der Waals surface area contributed by atoms with Crippen molar-refractivity contribution in [1.82, 2.24) is 9.97 Å². The van der Waals surface area contributed by atoms with E-state index >= 15 is 0 Å². The standard InChI is InChI=1S/C25H32N2O2S.C24H30N2O2S/c1-24(2)11-12-25(3,4)21-20(24)26-23(30-21)27(14-15-5-6-15)17-9-7-16(8-10-17)18-13-19(18)22(28)29;1-23(2)13-14-24(3,4)21-20(23)25-22(29-21)26(15-17-5-6-17)18-10-7-16(8-11-18)9-12-19(27)28/h7-10,15,18-19H,5-6,11-14H2,1-4H3,(H,28,29);7-12,17H,5-6,13-15H2,1-4H3,(H,27,28)/b;12-9+. The van der Waals surface area contributed by atoms with Crippen LogP contribution in [-0.4, -0.2) is 45.2 Å². The summed E-state index contributed by atoms with van der Waals surface area (Å²) in [6.07, 6.45) is 13.5. The van der Waals surface area contributed by atoms with Gasteiger partial charge in [0.15, 0.2) is 10.3 Å². The van der Waals surface area contributed by atoms with E-state index in [4.69, 9.17) is 15.1 Å². The highest BCUT2D eigenvalue weighted by molar-refractivity contribution is 7.16. The van der Waals surface area contributed by atoms with Crippen LogP contribution in [0.15, 0.2) is 54.6 Å². The largest absolute Gasteiger partial charge is 0.481 e. The van der Waals surface area contributed by atoms with Gasteiger partial charge in [0.05, 0.1) is 17.3 Å². The summed E-state index contributed by atoms with van der Waals surface area (Å²) in [4.78, 5) is 40.1. The van der Waals surface area contributed by atoms with Crippen molar-refractivity contribution in [2.75, 3.05) is 22.9 Å². The van der Waals surface area contributed by atoms with Crippen LogP contribution in [0, 0.1) is 17.8 Å². The van der Waals surface area contributed by atoms with Gasteiger partial charge in [-0.25, -0.2) is 14.8 Å². The maximum Gasteiger partial charge on any atom is 0.328 e. The molecule has 2 atom stereocenters. The second-order valence-corrected chi connectivity index (χ2v) is 22.6. The van der Waals surface area contributed by atoms with Gasteiger partial charge in [0.25, 0.3) is 0 Å². The average molecular weight is 835 g/mol. The number of carbonyl (C=O) groups is 2. The molecule has 2 unspecified atom stereocenters. The van der Waals surface area contributed by atoms with Crippen molar-refractivity contribution < 1.29 is 19.8 Å². The minimum absolute atomic E-state index is 0.121. The Labute approximate surface area is 358 Å². The molecule has 0 radical (unpaired) electrons. The third-order valence-corrected chi connectivity index (χ3v) is 16.5. The lowest BCUT2D eigenvalue weighted by molar-refractivity contribution is -0.138. The molecule has 5 aliphatic rings. The van der Waals surface area contributed by atoms with Gasteiger partial charge < -0.3 is 20.0 Å². The fourth-order valence-corrected chi connectivity index (χ4v) is 11.6. The predicted molar refractivity (Wildman–Crippen MR) is 242 cm³/mol. The van der Waals surface area contributed by atoms with Crippen molar-refractivity contribution in [3.05, 3.63) is 86.9 Å². The molecule has 4 aromatic rings. The van der Waals surface area contributed by atoms with Gasteiger partial charge in [0.1, 0.15) is 0 Å². The van der Waals surface area contributed by atoms with Gasteiger partial charge in [-0.3, -0.25) is 4.79 Å². The Balaban J connectivity index is 0.000000164. The Hall–Kier alpha value is -4.02. The van der Waals surface area contributed by atoms with Gasteiger partial charge >= 0.3 is 11.9 Å². The van der Waals surface area contributed by atoms with E-state index in [-0.39, 0.29) is 33.5 Å². The Bertz CT molecular complexity index is 2160. The predicted octanol–water partition coefficient (Wildman–Crippen LogP) is 12.4. The Kier molecular flexibility index (Phi) is 10.9. The highest BCUT2D eigenvalue weighted by atomic mass is 32.1. The molecular weight excluding hydrogens is 773 g/mol. The first-order valence-corrected chi connectivity index (χ1v) is 23.4. The number of hydrogen-bond acceptors (Lipinski definition) is 8. The summed E-state index contributed by atoms with van der Waals surface area (Å²) in [6.45, 7) is 20.7. The molecule has 2 aromatic heterocycles. The van der Waals surface area contributed by atoms with Gasteiger partial charge in [-0.2, -0.15) is 0 Å².